The molecule has 0 aromatic heterocycles. The standard InChI is InChI=1S/C19H22BrNO3/c1-14(2)15-8-9-18(17(20)12-15)24-13-19(22)21-10-11-23-16-6-4-3-5-7-16/h3-9,12,14H,10-11,13H2,1-2H3,(H,21,22). The summed E-state index contributed by atoms with van der Waals surface area (Å²) >= 11 is 3.48. The molecule has 0 bridgehead atoms. The molecule has 24 heavy (non-hydrogen) atoms. The lowest BCUT2D eigenvalue weighted by molar-refractivity contribution is -0.123. The molecule has 2 rings (SSSR count). The Morgan fingerprint density at radius 1 is 1.12 bits per heavy atom. The van der Waals surface area contributed by atoms with E-state index >= 15 is 0 Å². The SMILES string of the molecule is CC(C)c1ccc(OCC(=O)NCCOc2ccccc2)c(Br)c1. The molecule has 0 aliphatic rings. The van der Waals surface area contributed by atoms with Crippen molar-refractivity contribution in [3.8, 4) is 11.5 Å². The first-order chi connectivity index (χ1) is 11.6. The maximum atomic E-state index is 11.8. The summed E-state index contributed by atoms with van der Waals surface area (Å²) in [6, 6.07) is 15.4. The number of hydrogen-bond acceptors (Lipinski definition) is 3. The molecule has 0 radical (unpaired) electrons. The van der Waals surface area contributed by atoms with Crippen LogP contribution < -0.4 is 14.8 Å². The van der Waals surface area contributed by atoms with Crippen LogP contribution in [0.4, 0.5) is 0 Å². The van der Waals surface area contributed by atoms with Gasteiger partial charge in [0.2, 0.25) is 0 Å². The number of benzene rings is 2. The van der Waals surface area contributed by atoms with Crippen molar-refractivity contribution in [2.45, 2.75) is 19.8 Å². The molecule has 1 N–H and O–H groups in total. The normalized spacial score (nSPS) is 10.5. The summed E-state index contributed by atoms with van der Waals surface area (Å²) in [5.74, 6) is 1.72. The third-order valence-corrected chi connectivity index (χ3v) is 4.04. The van der Waals surface area contributed by atoms with Gasteiger partial charge in [-0.3, -0.25) is 4.79 Å². The minimum Gasteiger partial charge on any atom is -0.492 e. The average molecular weight is 392 g/mol. The van der Waals surface area contributed by atoms with Gasteiger partial charge in [0.1, 0.15) is 18.1 Å². The summed E-state index contributed by atoms with van der Waals surface area (Å²) in [5.41, 5.74) is 1.22. The molecular weight excluding hydrogens is 370 g/mol. The van der Waals surface area contributed by atoms with Gasteiger partial charge in [-0.2, -0.15) is 0 Å². The fourth-order valence-electron chi connectivity index (χ4n) is 2.06. The molecule has 4 nitrogen and oxygen atoms in total. The molecule has 0 saturated heterocycles. The number of para-hydroxylation sites is 1. The largest absolute Gasteiger partial charge is 0.492 e. The number of amides is 1. The van der Waals surface area contributed by atoms with Crippen molar-refractivity contribution in [1.82, 2.24) is 5.32 Å². The van der Waals surface area contributed by atoms with E-state index < -0.39 is 0 Å². The zero-order valence-electron chi connectivity index (χ0n) is 13.9. The van der Waals surface area contributed by atoms with Crippen LogP contribution >= 0.6 is 15.9 Å². The summed E-state index contributed by atoms with van der Waals surface area (Å²) in [6.45, 7) is 5.10. The Kier molecular flexibility index (Phi) is 7.12. The van der Waals surface area contributed by atoms with E-state index in [9.17, 15) is 4.79 Å². The lowest BCUT2D eigenvalue weighted by Crippen LogP contribution is -2.32. The zero-order valence-corrected chi connectivity index (χ0v) is 15.5. The first-order valence-corrected chi connectivity index (χ1v) is 8.72. The molecule has 0 aliphatic heterocycles. The van der Waals surface area contributed by atoms with Gasteiger partial charge in [-0.25, -0.2) is 0 Å². The van der Waals surface area contributed by atoms with Gasteiger partial charge in [0.25, 0.3) is 5.91 Å². The molecule has 0 atom stereocenters. The number of carbonyl (C=O) groups is 1. The van der Waals surface area contributed by atoms with Crippen LogP contribution in [0.25, 0.3) is 0 Å². The first-order valence-electron chi connectivity index (χ1n) is 7.93. The smallest absolute Gasteiger partial charge is 0.258 e. The van der Waals surface area contributed by atoms with Crippen molar-refractivity contribution in [2.24, 2.45) is 0 Å². The Morgan fingerprint density at radius 3 is 2.54 bits per heavy atom. The van der Waals surface area contributed by atoms with E-state index in [0.717, 1.165) is 10.2 Å². The maximum Gasteiger partial charge on any atom is 0.258 e. The van der Waals surface area contributed by atoms with Crippen molar-refractivity contribution in [2.75, 3.05) is 19.8 Å². The monoisotopic (exact) mass is 391 g/mol. The van der Waals surface area contributed by atoms with E-state index in [2.05, 4.69) is 35.1 Å². The summed E-state index contributed by atoms with van der Waals surface area (Å²) < 4.78 is 11.9. The Bertz CT molecular complexity index is 659. The average Bonchev–Trinajstić information content (AvgIpc) is 2.58. The molecule has 5 heteroatoms. The van der Waals surface area contributed by atoms with E-state index in [4.69, 9.17) is 9.47 Å². The molecule has 2 aromatic rings. The molecule has 0 aliphatic carbocycles. The van der Waals surface area contributed by atoms with Crippen LogP contribution in [0.15, 0.2) is 53.0 Å². The topological polar surface area (TPSA) is 47.6 Å². The Morgan fingerprint density at radius 2 is 1.88 bits per heavy atom. The van der Waals surface area contributed by atoms with Gasteiger partial charge in [0.05, 0.1) is 11.0 Å². The lowest BCUT2D eigenvalue weighted by Gasteiger charge is -2.12. The molecule has 0 saturated carbocycles. The molecule has 0 unspecified atom stereocenters. The van der Waals surface area contributed by atoms with Crippen molar-refractivity contribution in [3.05, 3.63) is 58.6 Å². The third-order valence-electron chi connectivity index (χ3n) is 3.42. The highest BCUT2D eigenvalue weighted by Gasteiger charge is 2.08. The molecule has 0 heterocycles. The van der Waals surface area contributed by atoms with E-state index in [-0.39, 0.29) is 12.5 Å². The van der Waals surface area contributed by atoms with Crippen molar-refractivity contribution in [3.63, 3.8) is 0 Å². The predicted octanol–water partition coefficient (Wildman–Crippen LogP) is 4.15. The fourth-order valence-corrected chi connectivity index (χ4v) is 2.57. The number of hydrogen-bond donors (Lipinski definition) is 1. The van der Waals surface area contributed by atoms with Crippen molar-refractivity contribution >= 4 is 21.8 Å². The Balaban J connectivity index is 1.69. The van der Waals surface area contributed by atoms with Crippen LogP contribution in [-0.4, -0.2) is 25.7 Å². The maximum absolute atomic E-state index is 11.8. The molecule has 0 spiro atoms. The van der Waals surface area contributed by atoms with Crippen LogP contribution in [0.5, 0.6) is 11.5 Å². The van der Waals surface area contributed by atoms with E-state index in [1.807, 2.05) is 48.5 Å². The van der Waals surface area contributed by atoms with E-state index in [1.54, 1.807) is 0 Å². The highest BCUT2D eigenvalue weighted by atomic mass is 79.9. The number of ether oxygens (including phenoxy) is 2. The number of halogens is 1. The first kappa shape index (κ1) is 18.3. The van der Waals surface area contributed by atoms with Gasteiger partial charge in [0.15, 0.2) is 6.61 Å². The van der Waals surface area contributed by atoms with Crippen LogP contribution in [0.2, 0.25) is 0 Å². The van der Waals surface area contributed by atoms with E-state index in [0.29, 0.717) is 24.8 Å². The minimum atomic E-state index is -0.175. The highest BCUT2D eigenvalue weighted by Crippen LogP contribution is 2.28. The van der Waals surface area contributed by atoms with Crippen LogP contribution in [0.1, 0.15) is 25.3 Å². The van der Waals surface area contributed by atoms with Crippen molar-refractivity contribution < 1.29 is 14.3 Å². The number of rotatable bonds is 8. The minimum absolute atomic E-state index is 0.0229. The quantitative estimate of drug-likeness (QED) is 0.687. The second-order valence-electron chi connectivity index (χ2n) is 5.64. The fraction of sp³-hybridized carbons (Fsp3) is 0.316. The van der Waals surface area contributed by atoms with Gasteiger partial charge in [-0.05, 0) is 51.7 Å². The summed E-state index contributed by atoms with van der Waals surface area (Å²) in [5, 5.41) is 2.77. The second-order valence-corrected chi connectivity index (χ2v) is 6.50. The van der Waals surface area contributed by atoms with Gasteiger partial charge in [-0.1, -0.05) is 38.1 Å². The van der Waals surface area contributed by atoms with Crippen LogP contribution in [0.3, 0.4) is 0 Å². The van der Waals surface area contributed by atoms with Crippen LogP contribution in [-0.2, 0) is 4.79 Å². The summed E-state index contributed by atoms with van der Waals surface area (Å²) in [7, 11) is 0. The van der Waals surface area contributed by atoms with Gasteiger partial charge in [-0.15, -0.1) is 0 Å². The highest BCUT2D eigenvalue weighted by molar-refractivity contribution is 9.10. The third kappa shape index (κ3) is 5.89. The molecule has 2 aromatic carbocycles. The number of carbonyl (C=O) groups excluding carboxylic acids is 1. The van der Waals surface area contributed by atoms with Gasteiger partial charge < -0.3 is 14.8 Å². The summed E-state index contributed by atoms with van der Waals surface area (Å²) in [6.07, 6.45) is 0. The lowest BCUT2D eigenvalue weighted by atomic mass is 10.0. The second kappa shape index (κ2) is 9.33. The Labute approximate surface area is 151 Å². The molecule has 128 valence electrons. The van der Waals surface area contributed by atoms with Gasteiger partial charge in [0, 0.05) is 0 Å². The van der Waals surface area contributed by atoms with E-state index in [1.165, 1.54) is 5.56 Å². The molecule has 1 amide bonds. The predicted molar refractivity (Wildman–Crippen MR) is 98.7 cm³/mol. The Hall–Kier alpha value is -2.01. The number of nitrogens with one attached hydrogen (secondary N) is 1. The zero-order chi connectivity index (χ0) is 17.4. The molecular formula is C19H22BrNO3. The summed E-state index contributed by atoms with van der Waals surface area (Å²) in [4.78, 5) is 11.8. The molecule has 0 fully saturated rings. The van der Waals surface area contributed by atoms with Crippen molar-refractivity contribution in [1.29, 1.82) is 0 Å². The van der Waals surface area contributed by atoms with Gasteiger partial charge >= 0.3 is 0 Å². The van der Waals surface area contributed by atoms with Crippen LogP contribution in [0, 0.1) is 0 Å².